The molecule has 2 aromatic rings. The molecular formula is C20H25N3O3. The van der Waals surface area contributed by atoms with Gasteiger partial charge in [-0.1, -0.05) is 13.0 Å². The number of aromatic amines is 1. The first-order valence-corrected chi connectivity index (χ1v) is 9.18. The van der Waals surface area contributed by atoms with Crippen LogP contribution in [0.3, 0.4) is 0 Å². The van der Waals surface area contributed by atoms with Crippen molar-refractivity contribution in [1.82, 2.24) is 14.9 Å². The molecule has 2 aliphatic heterocycles. The summed E-state index contributed by atoms with van der Waals surface area (Å²) in [4.78, 5) is 22.0. The largest absolute Gasteiger partial charge is 0.454 e. The number of carbonyl (C=O) groups excluding carboxylic acids is 1. The molecule has 0 unspecified atom stereocenters. The molecule has 0 spiro atoms. The van der Waals surface area contributed by atoms with Gasteiger partial charge in [-0.2, -0.15) is 0 Å². The monoisotopic (exact) mass is 355 g/mol. The molecule has 1 atom stereocenters. The van der Waals surface area contributed by atoms with Crippen molar-refractivity contribution in [3.63, 3.8) is 0 Å². The molecule has 4 rings (SSSR count). The van der Waals surface area contributed by atoms with Gasteiger partial charge in [-0.25, -0.2) is 4.98 Å². The molecule has 6 nitrogen and oxygen atoms in total. The zero-order chi connectivity index (χ0) is 18.1. The first kappa shape index (κ1) is 16.9. The Bertz CT molecular complexity index is 816. The predicted octanol–water partition coefficient (Wildman–Crippen LogP) is 2.86. The normalized spacial score (nSPS) is 22.1. The fourth-order valence-electron chi connectivity index (χ4n) is 3.92. The number of fused-ring (bicyclic) bond motifs is 1. The summed E-state index contributed by atoms with van der Waals surface area (Å²) in [5.41, 5.74) is 2.35. The Kier molecular flexibility index (Phi) is 4.34. The third kappa shape index (κ3) is 3.54. The number of nitrogens with zero attached hydrogens (tertiary/aromatic N) is 2. The Balaban J connectivity index is 1.41. The number of piperidine rings is 1. The first-order chi connectivity index (χ1) is 12.5. The van der Waals surface area contributed by atoms with E-state index in [9.17, 15) is 4.79 Å². The van der Waals surface area contributed by atoms with Gasteiger partial charge < -0.3 is 19.4 Å². The molecule has 138 valence electrons. The van der Waals surface area contributed by atoms with Crippen LogP contribution in [0.1, 0.15) is 36.8 Å². The lowest BCUT2D eigenvalue weighted by Gasteiger charge is -2.40. The predicted molar refractivity (Wildman–Crippen MR) is 97.2 cm³/mol. The van der Waals surface area contributed by atoms with E-state index in [0.717, 1.165) is 48.8 Å². The van der Waals surface area contributed by atoms with Crippen molar-refractivity contribution in [3.05, 3.63) is 41.5 Å². The van der Waals surface area contributed by atoms with Crippen molar-refractivity contribution in [3.8, 4) is 11.5 Å². The Hall–Kier alpha value is -2.50. The lowest BCUT2D eigenvalue weighted by atomic mass is 9.76. The van der Waals surface area contributed by atoms with Crippen LogP contribution in [0.5, 0.6) is 11.5 Å². The minimum Gasteiger partial charge on any atom is -0.454 e. The maximum Gasteiger partial charge on any atom is 0.231 e. The van der Waals surface area contributed by atoms with Gasteiger partial charge in [0.15, 0.2) is 11.5 Å². The first-order valence-electron chi connectivity index (χ1n) is 9.18. The summed E-state index contributed by atoms with van der Waals surface area (Å²) in [6.45, 7) is 6.05. The number of imidazole rings is 1. The van der Waals surface area contributed by atoms with Crippen LogP contribution in [0.2, 0.25) is 0 Å². The molecule has 1 aromatic heterocycles. The topological polar surface area (TPSA) is 67.5 Å². The number of likely N-dealkylation sites (tertiary alicyclic amines) is 1. The van der Waals surface area contributed by atoms with Crippen LogP contribution >= 0.6 is 0 Å². The van der Waals surface area contributed by atoms with Crippen molar-refractivity contribution >= 4 is 5.91 Å². The average Bonchev–Trinajstić information content (AvgIpc) is 3.24. The summed E-state index contributed by atoms with van der Waals surface area (Å²) in [5.74, 6) is 2.82. The summed E-state index contributed by atoms with van der Waals surface area (Å²) in [6, 6.07) is 6.15. The number of aromatic nitrogens is 2. The fraction of sp³-hybridized carbons (Fsp3) is 0.500. The van der Waals surface area contributed by atoms with E-state index in [2.05, 4.69) is 29.0 Å². The van der Waals surface area contributed by atoms with Gasteiger partial charge in [-0.05, 0) is 42.9 Å². The van der Waals surface area contributed by atoms with Gasteiger partial charge in [0.25, 0.3) is 0 Å². The second-order valence-corrected chi connectivity index (χ2v) is 7.75. The number of rotatable bonds is 5. The number of aryl methyl sites for hydroxylation is 1. The maximum absolute atomic E-state index is 12.4. The molecule has 1 aromatic carbocycles. The average molecular weight is 355 g/mol. The molecule has 1 saturated heterocycles. The van der Waals surface area contributed by atoms with Crippen LogP contribution in [0.4, 0.5) is 0 Å². The molecule has 1 fully saturated rings. The molecule has 6 heteroatoms. The highest BCUT2D eigenvalue weighted by atomic mass is 16.7. The molecule has 1 amide bonds. The number of hydrogen-bond donors (Lipinski definition) is 1. The number of carbonyl (C=O) groups is 1. The van der Waals surface area contributed by atoms with E-state index in [1.54, 1.807) is 0 Å². The summed E-state index contributed by atoms with van der Waals surface area (Å²) >= 11 is 0. The van der Waals surface area contributed by atoms with Gasteiger partial charge >= 0.3 is 0 Å². The van der Waals surface area contributed by atoms with E-state index in [0.29, 0.717) is 19.8 Å². The SMILES string of the molecule is Cc1cnc(CCN2C[C@@](C)(Cc3ccc4c(c3)OCO4)CCC2=O)[nH]1. The van der Waals surface area contributed by atoms with Crippen molar-refractivity contribution in [1.29, 1.82) is 0 Å². The van der Waals surface area contributed by atoms with Crippen molar-refractivity contribution in [2.24, 2.45) is 5.41 Å². The van der Waals surface area contributed by atoms with Gasteiger partial charge in [0.2, 0.25) is 12.7 Å². The molecule has 0 bridgehead atoms. The quantitative estimate of drug-likeness (QED) is 0.895. The lowest BCUT2D eigenvalue weighted by molar-refractivity contribution is -0.137. The Labute approximate surface area is 153 Å². The van der Waals surface area contributed by atoms with Crippen LogP contribution in [-0.2, 0) is 17.6 Å². The van der Waals surface area contributed by atoms with Crippen molar-refractivity contribution < 1.29 is 14.3 Å². The highest BCUT2D eigenvalue weighted by Crippen LogP contribution is 2.37. The van der Waals surface area contributed by atoms with Crippen molar-refractivity contribution in [2.45, 2.75) is 39.5 Å². The molecule has 0 aliphatic carbocycles. The number of amides is 1. The van der Waals surface area contributed by atoms with Crippen LogP contribution in [0.15, 0.2) is 24.4 Å². The van der Waals surface area contributed by atoms with Gasteiger partial charge in [0.05, 0.1) is 0 Å². The standard InChI is InChI=1S/C20H25N3O3/c1-14-11-21-18(22-14)6-8-23-12-20(2,7-5-19(23)24)10-15-3-4-16-17(9-15)26-13-25-16/h3-4,9,11H,5-8,10,12-13H2,1-2H3,(H,21,22)/t20-/m1/s1. The molecule has 1 N–H and O–H groups in total. The van der Waals surface area contributed by atoms with E-state index >= 15 is 0 Å². The zero-order valence-corrected chi connectivity index (χ0v) is 15.4. The summed E-state index contributed by atoms with van der Waals surface area (Å²) in [7, 11) is 0. The minimum atomic E-state index is 0.0701. The lowest BCUT2D eigenvalue weighted by Crippen LogP contribution is -2.46. The van der Waals surface area contributed by atoms with E-state index in [1.807, 2.05) is 24.1 Å². The smallest absolute Gasteiger partial charge is 0.231 e. The molecule has 0 radical (unpaired) electrons. The van der Waals surface area contributed by atoms with Crippen LogP contribution in [0, 0.1) is 12.3 Å². The van der Waals surface area contributed by atoms with Crippen LogP contribution in [0.25, 0.3) is 0 Å². The van der Waals surface area contributed by atoms with E-state index in [-0.39, 0.29) is 11.3 Å². The summed E-state index contributed by atoms with van der Waals surface area (Å²) < 4.78 is 10.9. The summed E-state index contributed by atoms with van der Waals surface area (Å²) in [6.07, 6.45) is 5.04. The second kappa shape index (κ2) is 6.67. The fourth-order valence-corrected chi connectivity index (χ4v) is 3.92. The Morgan fingerprint density at radius 2 is 2.15 bits per heavy atom. The third-order valence-corrected chi connectivity index (χ3v) is 5.31. The van der Waals surface area contributed by atoms with E-state index in [4.69, 9.17) is 9.47 Å². The van der Waals surface area contributed by atoms with E-state index in [1.165, 1.54) is 5.56 Å². The van der Waals surface area contributed by atoms with Gasteiger partial charge in [-0.15, -0.1) is 0 Å². The zero-order valence-electron chi connectivity index (χ0n) is 15.4. The number of benzene rings is 1. The Morgan fingerprint density at radius 3 is 2.96 bits per heavy atom. The molecule has 3 heterocycles. The Morgan fingerprint density at radius 1 is 1.31 bits per heavy atom. The molecule has 2 aliphatic rings. The molecular weight excluding hydrogens is 330 g/mol. The van der Waals surface area contributed by atoms with Crippen LogP contribution in [-0.4, -0.2) is 40.7 Å². The number of H-pyrrole nitrogens is 1. The minimum absolute atomic E-state index is 0.0701. The van der Waals surface area contributed by atoms with Gasteiger partial charge in [0, 0.05) is 37.8 Å². The van der Waals surface area contributed by atoms with Gasteiger partial charge in [0.1, 0.15) is 5.82 Å². The number of ether oxygens (including phenoxy) is 2. The molecule has 26 heavy (non-hydrogen) atoms. The van der Waals surface area contributed by atoms with Gasteiger partial charge in [-0.3, -0.25) is 4.79 Å². The number of hydrogen-bond acceptors (Lipinski definition) is 4. The second-order valence-electron chi connectivity index (χ2n) is 7.75. The van der Waals surface area contributed by atoms with Crippen molar-refractivity contribution in [2.75, 3.05) is 19.9 Å². The maximum atomic E-state index is 12.4. The van der Waals surface area contributed by atoms with Crippen LogP contribution < -0.4 is 9.47 Å². The highest BCUT2D eigenvalue weighted by Gasteiger charge is 2.35. The van der Waals surface area contributed by atoms with E-state index < -0.39 is 0 Å². The number of nitrogens with one attached hydrogen (secondary N) is 1. The highest BCUT2D eigenvalue weighted by molar-refractivity contribution is 5.77. The summed E-state index contributed by atoms with van der Waals surface area (Å²) in [5, 5.41) is 0. The molecule has 0 saturated carbocycles. The third-order valence-electron chi connectivity index (χ3n) is 5.31.